The van der Waals surface area contributed by atoms with E-state index in [0.717, 1.165) is 0 Å². The van der Waals surface area contributed by atoms with Crippen molar-refractivity contribution in [3.63, 3.8) is 0 Å². The molecule has 0 aromatic rings. The summed E-state index contributed by atoms with van der Waals surface area (Å²) >= 11 is 0. The summed E-state index contributed by atoms with van der Waals surface area (Å²) in [4.78, 5) is 16.3. The number of phosphoric ester groups is 1. The molecule has 7 nitrogen and oxygen atoms in total. The van der Waals surface area contributed by atoms with E-state index in [9.17, 15) is 4.57 Å². The molecule has 0 spiro atoms. The van der Waals surface area contributed by atoms with E-state index in [1.807, 2.05) is 0 Å². The summed E-state index contributed by atoms with van der Waals surface area (Å²) in [6.45, 7) is -0.377. The Morgan fingerprint density at radius 1 is 1.50 bits per heavy atom. The molecule has 0 aliphatic heterocycles. The van der Waals surface area contributed by atoms with Crippen molar-refractivity contribution in [1.82, 2.24) is 0 Å². The monoisotopic (exact) mass is 171 g/mol. The molecule has 10 heavy (non-hydrogen) atoms. The van der Waals surface area contributed by atoms with Crippen LogP contribution in [0.4, 0.5) is 0 Å². The fourth-order valence-electron chi connectivity index (χ4n) is 0.259. The highest BCUT2D eigenvalue weighted by molar-refractivity contribution is 7.46. The van der Waals surface area contributed by atoms with E-state index in [-0.39, 0.29) is 6.54 Å². The van der Waals surface area contributed by atoms with Crippen molar-refractivity contribution in [1.29, 1.82) is 0 Å². The largest absolute Gasteiger partial charge is 0.472 e. The average Bonchev–Trinajstić information content (AvgIpc) is 1.60. The van der Waals surface area contributed by atoms with Gasteiger partial charge in [0.1, 0.15) is 0 Å². The first-order chi connectivity index (χ1) is 4.27. The van der Waals surface area contributed by atoms with Gasteiger partial charge in [-0.2, -0.15) is 0 Å². The Balaban J connectivity index is 4.02. The van der Waals surface area contributed by atoms with Crippen molar-refractivity contribution < 1.29 is 18.9 Å². The maximum absolute atomic E-state index is 10.1. The van der Waals surface area contributed by atoms with E-state index in [1.165, 1.54) is 0 Å². The third kappa shape index (κ3) is 4.83. The van der Waals surface area contributed by atoms with Crippen LogP contribution in [0, 0.1) is 0 Å². The minimum absolute atomic E-state index is 0.377. The molecule has 0 aliphatic carbocycles. The van der Waals surface area contributed by atoms with E-state index < -0.39 is 13.7 Å². The molecular formula is C2H10N3O4P. The van der Waals surface area contributed by atoms with E-state index in [2.05, 4.69) is 4.52 Å². The van der Waals surface area contributed by atoms with Crippen molar-refractivity contribution in [2.45, 2.75) is 5.85 Å². The number of hydrogen-bond acceptors (Lipinski definition) is 5. The topological polar surface area (TPSA) is 145 Å². The Morgan fingerprint density at radius 3 is 2.00 bits per heavy atom. The van der Waals surface area contributed by atoms with Crippen LogP contribution < -0.4 is 17.2 Å². The van der Waals surface area contributed by atoms with Gasteiger partial charge in [0.05, 0.1) is 6.54 Å². The summed E-state index contributed by atoms with van der Waals surface area (Å²) in [5.41, 5.74) is 14.8. The molecule has 62 valence electrons. The van der Waals surface area contributed by atoms with Gasteiger partial charge in [0.25, 0.3) is 0 Å². The molecule has 0 aromatic heterocycles. The summed E-state index contributed by atoms with van der Waals surface area (Å²) < 4.78 is 13.9. The first-order valence-electron chi connectivity index (χ1n) is 2.31. The van der Waals surface area contributed by atoms with Crippen LogP contribution >= 0.6 is 7.82 Å². The molecule has 0 radical (unpaired) electrons. The third-order valence-electron chi connectivity index (χ3n) is 0.608. The predicted molar refractivity (Wildman–Crippen MR) is 33.3 cm³/mol. The molecular weight excluding hydrogens is 161 g/mol. The van der Waals surface area contributed by atoms with Gasteiger partial charge in [-0.05, 0) is 0 Å². The van der Waals surface area contributed by atoms with Crippen LogP contribution in [0.3, 0.4) is 0 Å². The zero-order valence-corrected chi connectivity index (χ0v) is 5.99. The van der Waals surface area contributed by atoms with Crippen molar-refractivity contribution in [2.75, 3.05) is 6.54 Å². The first-order valence-corrected chi connectivity index (χ1v) is 3.84. The molecule has 0 bridgehead atoms. The highest BCUT2D eigenvalue weighted by Gasteiger charge is 2.28. The van der Waals surface area contributed by atoms with Crippen molar-refractivity contribution in [2.24, 2.45) is 17.2 Å². The summed E-state index contributed by atoms with van der Waals surface area (Å²) in [5, 5.41) is 0. The molecule has 8 N–H and O–H groups in total. The molecule has 0 unspecified atom stereocenters. The van der Waals surface area contributed by atoms with Crippen molar-refractivity contribution in [3.8, 4) is 0 Å². The van der Waals surface area contributed by atoms with E-state index in [1.54, 1.807) is 0 Å². The van der Waals surface area contributed by atoms with Crippen LogP contribution in [-0.4, -0.2) is 22.2 Å². The highest BCUT2D eigenvalue weighted by Crippen LogP contribution is 2.37. The second-order valence-electron chi connectivity index (χ2n) is 1.74. The lowest BCUT2D eigenvalue weighted by Crippen LogP contribution is -2.56. The summed E-state index contributed by atoms with van der Waals surface area (Å²) in [6.07, 6.45) is 0. The zero-order valence-electron chi connectivity index (χ0n) is 5.10. The molecule has 0 atom stereocenters. The molecule has 0 heterocycles. The van der Waals surface area contributed by atoms with Gasteiger partial charge in [-0.25, -0.2) is 4.57 Å². The normalized spacial score (nSPS) is 13.7. The molecule has 0 amide bonds. The molecule has 8 heteroatoms. The van der Waals surface area contributed by atoms with Crippen molar-refractivity contribution in [3.05, 3.63) is 0 Å². The second kappa shape index (κ2) is 2.93. The number of phosphoric acid groups is 1. The van der Waals surface area contributed by atoms with Gasteiger partial charge >= 0.3 is 7.82 Å². The molecule has 0 aliphatic rings. The quantitative estimate of drug-likeness (QED) is 0.235. The van der Waals surface area contributed by atoms with Crippen molar-refractivity contribution >= 4 is 7.82 Å². The first kappa shape index (κ1) is 9.99. The standard InChI is InChI=1S/C2H10N3O4P/c3-1-2(4,5)9-10(6,7)8/h1,3-5H2,(H2,6,7,8). The van der Waals surface area contributed by atoms with Crippen LogP contribution in [0.15, 0.2) is 0 Å². The predicted octanol–water partition coefficient (Wildman–Crippen LogP) is -2.37. The second-order valence-corrected chi connectivity index (χ2v) is 2.90. The minimum atomic E-state index is -4.63. The SMILES string of the molecule is NCC(N)(N)OP(=O)(O)O. The van der Waals surface area contributed by atoms with Gasteiger partial charge in [-0.3, -0.25) is 16.0 Å². The van der Waals surface area contributed by atoms with Gasteiger partial charge < -0.3 is 15.5 Å². The minimum Gasteiger partial charge on any atom is -0.325 e. The fraction of sp³-hybridized carbons (Fsp3) is 1.00. The summed E-state index contributed by atoms with van der Waals surface area (Å²) in [6, 6.07) is 0. The van der Waals surface area contributed by atoms with E-state index in [0.29, 0.717) is 0 Å². The average molecular weight is 171 g/mol. The molecule has 0 saturated carbocycles. The molecule has 0 fully saturated rings. The maximum Gasteiger partial charge on any atom is 0.472 e. The summed E-state index contributed by atoms with van der Waals surface area (Å²) in [7, 11) is -4.63. The third-order valence-corrected chi connectivity index (χ3v) is 1.19. The van der Waals surface area contributed by atoms with Crippen LogP contribution in [-0.2, 0) is 9.09 Å². The Labute approximate surface area is 57.4 Å². The smallest absolute Gasteiger partial charge is 0.325 e. The molecule has 0 aromatic carbocycles. The summed E-state index contributed by atoms with van der Waals surface area (Å²) in [5.74, 6) is -1.96. The van der Waals surface area contributed by atoms with Gasteiger partial charge in [-0.1, -0.05) is 0 Å². The van der Waals surface area contributed by atoms with Crippen LogP contribution in [0.25, 0.3) is 0 Å². The Hall–Kier alpha value is -0.0100. The number of rotatable bonds is 3. The Morgan fingerprint density at radius 2 is 1.90 bits per heavy atom. The van der Waals surface area contributed by atoms with Gasteiger partial charge in [0, 0.05) is 0 Å². The molecule has 0 rings (SSSR count). The van der Waals surface area contributed by atoms with Crippen LogP contribution in [0.1, 0.15) is 0 Å². The van der Waals surface area contributed by atoms with Crippen LogP contribution in [0.5, 0.6) is 0 Å². The zero-order chi connectivity index (χ0) is 8.41. The number of hydrogen-bond donors (Lipinski definition) is 5. The molecule has 0 saturated heterocycles. The highest BCUT2D eigenvalue weighted by atomic mass is 31.2. The Kier molecular flexibility index (Phi) is 2.93. The van der Waals surface area contributed by atoms with E-state index in [4.69, 9.17) is 27.0 Å². The lowest BCUT2D eigenvalue weighted by molar-refractivity contribution is 0.0518. The van der Waals surface area contributed by atoms with Gasteiger partial charge in [-0.15, -0.1) is 0 Å². The van der Waals surface area contributed by atoms with Gasteiger partial charge in [0.15, 0.2) is 5.85 Å². The lowest BCUT2D eigenvalue weighted by Gasteiger charge is -2.22. The van der Waals surface area contributed by atoms with Gasteiger partial charge in [0.2, 0.25) is 0 Å². The number of nitrogens with two attached hydrogens (primary N) is 3. The Bertz CT molecular complexity index is 153. The fourth-order valence-corrected chi connectivity index (χ4v) is 0.776. The lowest BCUT2D eigenvalue weighted by atomic mass is 10.5. The van der Waals surface area contributed by atoms with Crippen LogP contribution in [0.2, 0.25) is 0 Å². The maximum atomic E-state index is 10.1. The van der Waals surface area contributed by atoms with E-state index >= 15 is 0 Å².